The third kappa shape index (κ3) is 3.47. The predicted octanol–water partition coefficient (Wildman–Crippen LogP) is 2.91. The zero-order valence-electron chi connectivity index (χ0n) is 11.3. The van der Waals surface area contributed by atoms with Gasteiger partial charge in [-0.15, -0.1) is 0 Å². The van der Waals surface area contributed by atoms with E-state index in [0.717, 1.165) is 31.6 Å². The van der Waals surface area contributed by atoms with Crippen molar-refractivity contribution in [3.63, 3.8) is 0 Å². The summed E-state index contributed by atoms with van der Waals surface area (Å²) in [4.78, 5) is 0. The Labute approximate surface area is 109 Å². The molecule has 1 N–H and O–H groups in total. The molecule has 1 aliphatic rings. The van der Waals surface area contributed by atoms with Crippen LogP contribution < -0.4 is 10.1 Å². The highest BCUT2D eigenvalue weighted by Crippen LogP contribution is 2.21. The first-order valence-corrected chi connectivity index (χ1v) is 6.85. The molecule has 18 heavy (non-hydrogen) atoms. The Balaban J connectivity index is 1.86. The van der Waals surface area contributed by atoms with E-state index in [9.17, 15) is 0 Å². The zero-order chi connectivity index (χ0) is 12.8. The molecule has 1 aromatic rings. The predicted molar refractivity (Wildman–Crippen MR) is 73.0 cm³/mol. The van der Waals surface area contributed by atoms with Gasteiger partial charge >= 0.3 is 0 Å². The molecule has 2 unspecified atom stereocenters. The molecule has 3 heteroatoms. The number of benzene rings is 1. The van der Waals surface area contributed by atoms with Crippen molar-refractivity contribution in [2.24, 2.45) is 0 Å². The van der Waals surface area contributed by atoms with Gasteiger partial charge in [0.1, 0.15) is 12.4 Å². The zero-order valence-corrected chi connectivity index (χ0v) is 11.3. The van der Waals surface area contributed by atoms with Crippen LogP contribution in [0.1, 0.15) is 37.8 Å². The SMILES string of the molecule is CCC(NC)c1ccc(OCC2CCCO2)cc1. The van der Waals surface area contributed by atoms with Gasteiger partial charge in [-0.1, -0.05) is 19.1 Å². The van der Waals surface area contributed by atoms with Gasteiger partial charge in [0.2, 0.25) is 0 Å². The normalized spacial score (nSPS) is 20.9. The molecule has 0 aromatic heterocycles. The third-order valence-electron chi connectivity index (χ3n) is 3.50. The van der Waals surface area contributed by atoms with Crippen molar-refractivity contribution in [3.05, 3.63) is 29.8 Å². The van der Waals surface area contributed by atoms with Gasteiger partial charge in [-0.05, 0) is 44.0 Å². The van der Waals surface area contributed by atoms with Gasteiger partial charge in [-0.2, -0.15) is 0 Å². The third-order valence-corrected chi connectivity index (χ3v) is 3.50. The monoisotopic (exact) mass is 249 g/mol. The molecular formula is C15H23NO2. The lowest BCUT2D eigenvalue weighted by Crippen LogP contribution is -2.17. The lowest BCUT2D eigenvalue weighted by Gasteiger charge is -2.15. The van der Waals surface area contributed by atoms with Gasteiger partial charge in [0.15, 0.2) is 0 Å². The Bertz CT molecular complexity index is 340. The van der Waals surface area contributed by atoms with Crippen LogP contribution in [0.3, 0.4) is 0 Å². The fourth-order valence-electron chi connectivity index (χ4n) is 2.37. The van der Waals surface area contributed by atoms with Gasteiger partial charge in [0, 0.05) is 12.6 Å². The van der Waals surface area contributed by atoms with Crippen LogP contribution in [0.5, 0.6) is 5.75 Å². The first kappa shape index (κ1) is 13.4. The molecule has 1 heterocycles. The summed E-state index contributed by atoms with van der Waals surface area (Å²) in [5, 5.41) is 3.30. The van der Waals surface area contributed by atoms with Gasteiger partial charge in [-0.3, -0.25) is 0 Å². The molecule has 2 rings (SSSR count). The smallest absolute Gasteiger partial charge is 0.119 e. The molecule has 1 aliphatic heterocycles. The van der Waals surface area contributed by atoms with Crippen molar-refractivity contribution in [2.45, 2.75) is 38.3 Å². The van der Waals surface area contributed by atoms with Crippen LogP contribution in [-0.2, 0) is 4.74 Å². The minimum absolute atomic E-state index is 0.283. The number of ether oxygens (including phenoxy) is 2. The number of hydrogen-bond acceptors (Lipinski definition) is 3. The van der Waals surface area contributed by atoms with E-state index < -0.39 is 0 Å². The minimum atomic E-state index is 0.283. The molecule has 0 bridgehead atoms. The van der Waals surface area contributed by atoms with Gasteiger partial charge in [-0.25, -0.2) is 0 Å². The van der Waals surface area contributed by atoms with Gasteiger partial charge in [0.05, 0.1) is 6.10 Å². The lowest BCUT2D eigenvalue weighted by atomic mass is 10.0. The quantitative estimate of drug-likeness (QED) is 0.841. The Morgan fingerprint density at radius 1 is 1.39 bits per heavy atom. The topological polar surface area (TPSA) is 30.5 Å². The van der Waals surface area contributed by atoms with Crippen LogP contribution in [0, 0.1) is 0 Å². The fraction of sp³-hybridized carbons (Fsp3) is 0.600. The maximum atomic E-state index is 5.75. The van der Waals surface area contributed by atoms with Crippen LogP contribution >= 0.6 is 0 Å². The van der Waals surface area contributed by atoms with Crippen LogP contribution in [0.15, 0.2) is 24.3 Å². The van der Waals surface area contributed by atoms with Gasteiger partial charge in [0.25, 0.3) is 0 Å². The van der Waals surface area contributed by atoms with Crippen molar-refractivity contribution >= 4 is 0 Å². The summed E-state index contributed by atoms with van der Waals surface area (Å²) in [6.07, 6.45) is 3.65. The number of hydrogen-bond donors (Lipinski definition) is 1. The second-order valence-corrected chi connectivity index (χ2v) is 4.76. The van der Waals surface area contributed by atoms with Crippen molar-refractivity contribution in [3.8, 4) is 5.75 Å². The van der Waals surface area contributed by atoms with E-state index in [1.165, 1.54) is 5.56 Å². The molecule has 0 spiro atoms. The van der Waals surface area contributed by atoms with Gasteiger partial charge < -0.3 is 14.8 Å². The molecule has 0 amide bonds. The summed E-state index contributed by atoms with van der Waals surface area (Å²) in [6.45, 7) is 3.74. The highest BCUT2D eigenvalue weighted by molar-refractivity contribution is 5.29. The Hall–Kier alpha value is -1.06. The summed E-state index contributed by atoms with van der Waals surface area (Å²) >= 11 is 0. The molecule has 0 saturated carbocycles. The number of rotatable bonds is 6. The van der Waals surface area contributed by atoms with E-state index in [4.69, 9.17) is 9.47 Å². The molecular weight excluding hydrogens is 226 g/mol. The summed E-state index contributed by atoms with van der Waals surface area (Å²) < 4.78 is 11.3. The van der Waals surface area contributed by atoms with E-state index in [-0.39, 0.29) is 6.10 Å². The second-order valence-electron chi connectivity index (χ2n) is 4.76. The van der Waals surface area contributed by atoms with Crippen LogP contribution in [0.25, 0.3) is 0 Å². The van der Waals surface area contributed by atoms with E-state index in [1.54, 1.807) is 0 Å². The Kier molecular flexibility index (Phi) is 5.02. The van der Waals surface area contributed by atoms with E-state index >= 15 is 0 Å². The van der Waals surface area contributed by atoms with E-state index in [0.29, 0.717) is 12.6 Å². The van der Waals surface area contributed by atoms with E-state index in [1.807, 2.05) is 19.2 Å². The highest BCUT2D eigenvalue weighted by atomic mass is 16.5. The van der Waals surface area contributed by atoms with Crippen LogP contribution in [0.4, 0.5) is 0 Å². The average molecular weight is 249 g/mol. The Morgan fingerprint density at radius 2 is 2.17 bits per heavy atom. The highest BCUT2D eigenvalue weighted by Gasteiger charge is 2.16. The summed E-state index contributed by atoms with van der Waals surface area (Å²) in [5.41, 5.74) is 1.31. The standard InChI is InChI=1S/C15H23NO2/c1-3-15(16-2)12-6-8-13(9-7-12)18-11-14-5-4-10-17-14/h6-9,14-16H,3-5,10-11H2,1-2H3. The van der Waals surface area contributed by atoms with Crippen molar-refractivity contribution < 1.29 is 9.47 Å². The van der Waals surface area contributed by atoms with Crippen molar-refractivity contribution in [2.75, 3.05) is 20.3 Å². The summed E-state index contributed by atoms with van der Waals surface area (Å²) in [6, 6.07) is 8.79. The maximum absolute atomic E-state index is 5.75. The first-order valence-electron chi connectivity index (χ1n) is 6.85. The Morgan fingerprint density at radius 3 is 2.72 bits per heavy atom. The minimum Gasteiger partial charge on any atom is -0.491 e. The molecule has 1 aromatic carbocycles. The fourth-order valence-corrected chi connectivity index (χ4v) is 2.37. The molecule has 0 radical (unpaired) electrons. The average Bonchev–Trinajstić information content (AvgIpc) is 2.92. The van der Waals surface area contributed by atoms with E-state index in [2.05, 4.69) is 24.4 Å². The molecule has 1 saturated heterocycles. The first-order chi connectivity index (χ1) is 8.83. The van der Waals surface area contributed by atoms with Crippen molar-refractivity contribution in [1.82, 2.24) is 5.32 Å². The molecule has 2 atom stereocenters. The van der Waals surface area contributed by atoms with Crippen LogP contribution in [-0.4, -0.2) is 26.4 Å². The largest absolute Gasteiger partial charge is 0.491 e. The summed E-state index contributed by atoms with van der Waals surface area (Å²) in [7, 11) is 2.00. The maximum Gasteiger partial charge on any atom is 0.119 e. The van der Waals surface area contributed by atoms with Crippen molar-refractivity contribution in [1.29, 1.82) is 0 Å². The lowest BCUT2D eigenvalue weighted by molar-refractivity contribution is 0.0679. The molecule has 100 valence electrons. The molecule has 0 aliphatic carbocycles. The molecule has 3 nitrogen and oxygen atoms in total. The van der Waals surface area contributed by atoms with Crippen LogP contribution in [0.2, 0.25) is 0 Å². The number of nitrogens with one attached hydrogen (secondary N) is 1. The second kappa shape index (κ2) is 6.76. The summed E-state index contributed by atoms with van der Waals surface area (Å²) in [5.74, 6) is 0.931. The molecule has 1 fully saturated rings.